The van der Waals surface area contributed by atoms with E-state index in [1.165, 1.54) is 12.8 Å². The molecule has 2 atom stereocenters. The van der Waals surface area contributed by atoms with Crippen molar-refractivity contribution in [3.05, 3.63) is 36.5 Å². The van der Waals surface area contributed by atoms with E-state index in [0.717, 1.165) is 24.8 Å². The van der Waals surface area contributed by atoms with Gasteiger partial charge in [0.25, 0.3) is 0 Å². The van der Waals surface area contributed by atoms with Gasteiger partial charge in [-0.05, 0) is 31.1 Å². The fourth-order valence-electron chi connectivity index (χ4n) is 4.66. The first kappa shape index (κ1) is 18.7. The highest BCUT2D eigenvalue weighted by molar-refractivity contribution is 7.89. The number of rotatable bonds is 4. The summed E-state index contributed by atoms with van der Waals surface area (Å²) >= 11 is 0. The smallest absolute Gasteiger partial charge is 0.246 e. The van der Waals surface area contributed by atoms with Crippen LogP contribution in [0.1, 0.15) is 52.0 Å². The molecule has 0 amide bonds. The minimum absolute atomic E-state index is 0.315. The first-order valence-electron chi connectivity index (χ1n) is 10.1. The summed E-state index contributed by atoms with van der Waals surface area (Å²) in [6.07, 6.45) is 7.40. The summed E-state index contributed by atoms with van der Waals surface area (Å²) in [5, 5.41) is 4.77. The molecule has 1 aliphatic heterocycles. The molecular formula is C21H29N3O2S. The molecule has 0 spiro atoms. The van der Waals surface area contributed by atoms with Crippen molar-refractivity contribution in [2.45, 2.75) is 56.9 Å². The van der Waals surface area contributed by atoms with E-state index in [2.05, 4.69) is 13.8 Å². The maximum Gasteiger partial charge on any atom is 0.246 e. The number of aromatic nitrogens is 2. The monoisotopic (exact) mass is 387 g/mol. The van der Waals surface area contributed by atoms with Gasteiger partial charge in [-0.15, -0.1) is 0 Å². The Balaban J connectivity index is 1.78. The summed E-state index contributed by atoms with van der Waals surface area (Å²) < 4.78 is 30.7. The Hall–Kier alpha value is -1.66. The molecule has 27 heavy (non-hydrogen) atoms. The van der Waals surface area contributed by atoms with E-state index in [-0.39, 0.29) is 0 Å². The Morgan fingerprint density at radius 3 is 2.26 bits per heavy atom. The molecule has 0 bridgehead atoms. The second-order valence-corrected chi connectivity index (χ2v) is 10.3. The summed E-state index contributed by atoms with van der Waals surface area (Å²) in [5.41, 5.74) is 1.46. The predicted octanol–water partition coefficient (Wildman–Crippen LogP) is 4.33. The Morgan fingerprint density at radius 1 is 1.00 bits per heavy atom. The lowest BCUT2D eigenvalue weighted by atomic mass is 9.94. The topological polar surface area (TPSA) is 55.2 Å². The molecule has 6 heteroatoms. The zero-order valence-corrected chi connectivity index (χ0v) is 17.0. The van der Waals surface area contributed by atoms with Gasteiger partial charge in [0.15, 0.2) is 0 Å². The SMILES string of the molecule is CC1CC(C)CN(S(=O)(=O)c2cn(C3CCCC3)nc2-c2ccccc2)C1. The molecule has 2 aromatic rings. The fourth-order valence-corrected chi connectivity index (χ4v) is 6.48. The first-order chi connectivity index (χ1) is 12.9. The van der Waals surface area contributed by atoms with Crippen molar-refractivity contribution in [3.8, 4) is 11.3 Å². The molecule has 1 aromatic heterocycles. The second-order valence-electron chi connectivity index (χ2n) is 8.39. The molecule has 2 unspecified atom stereocenters. The standard InChI is InChI=1S/C21H29N3O2S/c1-16-12-17(2)14-23(13-16)27(25,26)20-15-24(19-10-6-7-11-19)22-21(20)18-8-4-3-5-9-18/h3-5,8-9,15-17,19H,6-7,10-14H2,1-2H3. The van der Waals surface area contributed by atoms with Gasteiger partial charge >= 0.3 is 0 Å². The number of hydrogen-bond acceptors (Lipinski definition) is 3. The number of piperidine rings is 1. The number of sulfonamides is 1. The van der Waals surface area contributed by atoms with Gasteiger partial charge in [0, 0.05) is 24.8 Å². The van der Waals surface area contributed by atoms with Crippen LogP contribution in [0, 0.1) is 11.8 Å². The van der Waals surface area contributed by atoms with E-state index in [9.17, 15) is 8.42 Å². The molecule has 2 fully saturated rings. The number of nitrogens with zero attached hydrogens (tertiary/aromatic N) is 3. The van der Waals surface area contributed by atoms with Crippen molar-refractivity contribution < 1.29 is 8.42 Å². The summed E-state index contributed by atoms with van der Waals surface area (Å²) in [6.45, 7) is 5.46. The summed E-state index contributed by atoms with van der Waals surface area (Å²) in [4.78, 5) is 0.363. The van der Waals surface area contributed by atoms with Gasteiger partial charge in [0.1, 0.15) is 10.6 Å². The molecule has 1 aromatic carbocycles. The van der Waals surface area contributed by atoms with Gasteiger partial charge in [-0.25, -0.2) is 8.42 Å². The Bertz CT molecular complexity index is 875. The molecular weight excluding hydrogens is 358 g/mol. The van der Waals surface area contributed by atoms with E-state index in [1.807, 2.05) is 35.0 Å². The summed E-state index contributed by atoms with van der Waals surface area (Å²) in [7, 11) is -3.57. The van der Waals surface area contributed by atoms with Gasteiger partial charge in [-0.1, -0.05) is 57.0 Å². The van der Waals surface area contributed by atoms with Crippen LogP contribution in [-0.2, 0) is 10.0 Å². The van der Waals surface area contributed by atoms with Crippen LogP contribution in [0.5, 0.6) is 0 Å². The Morgan fingerprint density at radius 2 is 1.63 bits per heavy atom. The maximum atomic E-state index is 13.6. The highest BCUT2D eigenvalue weighted by Gasteiger charge is 2.35. The van der Waals surface area contributed by atoms with E-state index < -0.39 is 10.0 Å². The molecule has 146 valence electrons. The lowest BCUT2D eigenvalue weighted by Crippen LogP contribution is -2.42. The van der Waals surface area contributed by atoms with Gasteiger partial charge < -0.3 is 0 Å². The zero-order valence-electron chi connectivity index (χ0n) is 16.2. The quantitative estimate of drug-likeness (QED) is 0.784. The Kier molecular flexibility index (Phi) is 5.12. The Labute approximate surface area is 162 Å². The summed E-state index contributed by atoms with van der Waals surface area (Å²) in [6, 6.07) is 10.0. The molecule has 4 rings (SSSR count). The van der Waals surface area contributed by atoms with Crippen LogP contribution in [0.25, 0.3) is 11.3 Å². The van der Waals surface area contributed by atoms with Crippen LogP contribution >= 0.6 is 0 Å². The van der Waals surface area contributed by atoms with Crippen LogP contribution in [0.4, 0.5) is 0 Å². The highest BCUT2D eigenvalue weighted by atomic mass is 32.2. The van der Waals surface area contributed by atoms with Crippen molar-refractivity contribution in [2.75, 3.05) is 13.1 Å². The molecule has 1 saturated carbocycles. The molecule has 1 aliphatic carbocycles. The summed E-state index contributed by atoms with van der Waals surface area (Å²) in [5.74, 6) is 0.766. The van der Waals surface area contributed by atoms with Gasteiger partial charge in [-0.2, -0.15) is 9.40 Å². The van der Waals surface area contributed by atoms with Crippen molar-refractivity contribution in [1.82, 2.24) is 14.1 Å². The normalized spacial score (nSPS) is 25.1. The third-order valence-electron chi connectivity index (χ3n) is 5.90. The van der Waals surface area contributed by atoms with Gasteiger partial charge in [-0.3, -0.25) is 4.68 Å². The van der Waals surface area contributed by atoms with Gasteiger partial charge in [0.2, 0.25) is 10.0 Å². The lowest BCUT2D eigenvalue weighted by molar-refractivity contribution is 0.222. The minimum Gasteiger partial charge on any atom is -0.268 e. The third kappa shape index (κ3) is 3.69. The van der Waals surface area contributed by atoms with Crippen molar-refractivity contribution in [1.29, 1.82) is 0 Å². The van der Waals surface area contributed by atoms with Crippen LogP contribution in [0.2, 0.25) is 0 Å². The largest absolute Gasteiger partial charge is 0.268 e. The predicted molar refractivity (Wildman–Crippen MR) is 107 cm³/mol. The molecule has 0 N–H and O–H groups in total. The third-order valence-corrected chi connectivity index (χ3v) is 7.73. The fraction of sp³-hybridized carbons (Fsp3) is 0.571. The van der Waals surface area contributed by atoms with Crippen molar-refractivity contribution in [3.63, 3.8) is 0 Å². The van der Waals surface area contributed by atoms with Gasteiger partial charge in [0.05, 0.1) is 6.04 Å². The highest BCUT2D eigenvalue weighted by Crippen LogP contribution is 2.35. The number of benzene rings is 1. The first-order valence-corrected chi connectivity index (χ1v) is 11.5. The zero-order chi connectivity index (χ0) is 19.0. The molecule has 0 radical (unpaired) electrons. The van der Waals surface area contributed by atoms with Crippen molar-refractivity contribution >= 4 is 10.0 Å². The van der Waals surface area contributed by atoms with Crippen LogP contribution in [0.3, 0.4) is 0 Å². The second kappa shape index (κ2) is 7.40. The van der Waals surface area contributed by atoms with Crippen LogP contribution in [-0.4, -0.2) is 35.6 Å². The molecule has 2 heterocycles. The van der Waals surface area contributed by atoms with E-state index >= 15 is 0 Å². The minimum atomic E-state index is -3.57. The van der Waals surface area contributed by atoms with Crippen molar-refractivity contribution in [2.24, 2.45) is 11.8 Å². The molecule has 5 nitrogen and oxygen atoms in total. The lowest BCUT2D eigenvalue weighted by Gasteiger charge is -2.33. The van der Waals surface area contributed by atoms with Crippen LogP contribution in [0.15, 0.2) is 41.4 Å². The number of hydrogen-bond donors (Lipinski definition) is 0. The van der Waals surface area contributed by atoms with E-state index in [0.29, 0.717) is 41.6 Å². The molecule has 2 aliphatic rings. The van der Waals surface area contributed by atoms with E-state index in [1.54, 1.807) is 10.5 Å². The average Bonchev–Trinajstić information content (AvgIpc) is 3.31. The van der Waals surface area contributed by atoms with Crippen LogP contribution < -0.4 is 0 Å². The average molecular weight is 388 g/mol. The maximum absolute atomic E-state index is 13.6. The molecule has 1 saturated heterocycles. The van der Waals surface area contributed by atoms with E-state index in [4.69, 9.17) is 5.10 Å².